The third-order valence-corrected chi connectivity index (χ3v) is 0.983. The van der Waals surface area contributed by atoms with Crippen LogP contribution in [0.2, 0.25) is 0 Å². The van der Waals surface area contributed by atoms with Crippen LogP contribution in [0.1, 0.15) is 0 Å². The first-order valence-electron chi connectivity index (χ1n) is 1.88. The average Bonchev–Trinajstić information content (AvgIpc) is 1.68. The second-order valence-electron chi connectivity index (χ2n) is 0.988. The molecule has 0 spiro atoms. The number of hydrogen-bond donors (Lipinski definition) is 0. The van der Waals surface area contributed by atoms with Gasteiger partial charge < -0.3 is 0 Å². The summed E-state index contributed by atoms with van der Waals surface area (Å²) < 4.78 is 0. The predicted molar refractivity (Wildman–Crippen MR) is 41.1 cm³/mol. The van der Waals surface area contributed by atoms with Crippen molar-refractivity contribution in [3.05, 3.63) is 22.1 Å². The zero-order valence-corrected chi connectivity index (χ0v) is 7.15. The Morgan fingerprint density at radius 1 is 1.12 bits per heavy atom. The van der Waals surface area contributed by atoms with Crippen LogP contribution >= 0.6 is 31.9 Å². The zero-order chi connectivity index (χ0) is 6.41. The normalized spacial score (nSPS) is 11.2. The Labute approximate surface area is 64.7 Å². The van der Waals surface area contributed by atoms with Crippen LogP contribution in [-0.2, 0) is 4.79 Å². The highest BCUT2D eigenvalue weighted by Gasteiger charge is 1.82. The van der Waals surface area contributed by atoms with Gasteiger partial charge in [-0.25, -0.2) is 0 Å². The fourth-order valence-electron chi connectivity index (χ4n) is 0.180. The molecule has 0 amide bonds. The SMILES string of the molecule is O=C(/C=C\Br)/C=C\Br. The van der Waals surface area contributed by atoms with E-state index in [9.17, 15) is 4.79 Å². The lowest BCUT2D eigenvalue weighted by molar-refractivity contribution is -0.110. The Hall–Kier alpha value is 0.110. The van der Waals surface area contributed by atoms with E-state index in [-0.39, 0.29) is 5.78 Å². The van der Waals surface area contributed by atoms with E-state index >= 15 is 0 Å². The van der Waals surface area contributed by atoms with E-state index in [1.807, 2.05) is 0 Å². The lowest BCUT2D eigenvalue weighted by Crippen LogP contribution is -1.80. The Kier molecular flexibility index (Phi) is 5.32. The molecule has 0 saturated carbocycles. The summed E-state index contributed by atoms with van der Waals surface area (Å²) in [7, 11) is 0. The largest absolute Gasteiger partial charge is 0.290 e. The Morgan fingerprint density at radius 2 is 1.50 bits per heavy atom. The number of carbonyl (C=O) groups excluding carboxylic acids is 1. The number of hydrogen-bond acceptors (Lipinski definition) is 1. The Bertz CT molecular complexity index is 112. The monoisotopic (exact) mass is 238 g/mol. The maximum Gasteiger partial charge on any atom is 0.179 e. The zero-order valence-electron chi connectivity index (χ0n) is 3.97. The van der Waals surface area contributed by atoms with Gasteiger partial charge in [-0.15, -0.1) is 0 Å². The number of allylic oxidation sites excluding steroid dienone is 2. The van der Waals surface area contributed by atoms with Crippen molar-refractivity contribution in [2.75, 3.05) is 0 Å². The molecular weight excluding hydrogens is 236 g/mol. The van der Waals surface area contributed by atoms with Gasteiger partial charge in [0.2, 0.25) is 0 Å². The summed E-state index contributed by atoms with van der Waals surface area (Å²) >= 11 is 5.94. The summed E-state index contributed by atoms with van der Waals surface area (Å²) in [6.45, 7) is 0. The molecule has 0 rings (SSSR count). The van der Waals surface area contributed by atoms with Gasteiger partial charge in [-0.2, -0.15) is 0 Å². The summed E-state index contributed by atoms with van der Waals surface area (Å²) in [4.78, 5) is 13.4. The molecule has 8 heavy (non-hydrogen) atoms. The first kappa shape index (κ1) is 8.11. The highest BCUT2D eigenvalue weighted by molar-refractivity contribution is 9.11. The molecule has 0 aliphatic carbocycles. The molecule has 0 atom stereocenters. The fraction of sp³-hybridized carbons (Fsp3) is 0. The van der Waals surface area contributed by atoms with Crippen molar-refractivity contribution in [2.24, 2.45) is 0 Å². The molecule has 0 aromatic carbocycles. The summed E-state index contributed by atoms with van der Waals surface area (Å²) in [5.74, 6) is -0.0428. The smallest absolute Gasteiger partial charge is 0.179 e. The van der Waals surface area contributed by atoms with Gasteiger partial charge in [-0.05, 0) is 22.1 Å². The molecule has 0 fully saturated rings. The van der Waals surface area contributed by atoms with Gasteiger partial charge in [0.1, 0.15) is 0 Å². The second kappa shape index (κ2) is 5.25. The minimum Gasteiger partial charge on any atom is -0.290 e. The number of carbonyl (C=O) groups is 1. The van der Waals surface area contributed by atoms with Crippen LogP contribution in [0.3, 0.4) is 0 Å². The van der Waals surface area contributed by atoms with E-state index in [2.05, 4.69) is 31.9 Å². The molecule has 0 aliphatic heterocycles. The molecule has 0 aromatic heterocycles. The van der Waals surface area contributed by atoms with Crippen LogP contribution in [0, 0.1) is 0 Å². The number of rotatable bonds is 2. The lowest BCUT2D eigenvalue weighted by Gasteiger charge is -1.73. The van der Waals surface area contributed by atoms with E-state index in [0.29, 0.717) is 0 Å². The fourth-order valence-corrected chi connectivity index (χ4v) is 0.701. The standard InChI is InChI=1S/C5H4Br2O/c6-3-1-5(8)2-4-7/h1-4H/b3-1-,4-2-. The first-order chi connectivity index (χ1) is 3.81. The van der Waals surface area contributed by atoms with Gasteiger partial charge in [0.15, 0.2) is 5.78 Å². The Balaban J connectivity index is 3.66. The van der Waals surface area contributed by atoms with E-state index in [0.717, 1.165) is 0 Å². The van der Waals surface area contributed by atoms with Crippen LogP contribution in [0.4, 0.5) is 0 Å². The van der Waals surface area contributed by atoms with Crippen LogP contribution in [0.5, 0.6) is 0 Å². The summed E-state index contributed by atoms with van der Waals surface area (Å²) in [6.07, 6.45) is 2.83. The van der Waals surface area contributed by atoms with E-state index in [4.69, 9.17) is 0 Å². The molecule has 0 heterocycles. The maximum atomic E-state index is 10.4. The second-order valence-corrected chi connectivity index (χ2v) is 2.05. The van der Waals surface area contributed by atoms with Crippen LogP contribution in [0.25, 0.3) is 0 Å². The van der Waals surface area contributed by atoms with Gasteiger partial charge in [0, 0.05) is 0 Å². The minimum atomic E-state index is -0.0428. The van der Waals surface area contributed by atoms with Crippen LogP contribution < -0.4 is 0 Å². The van der Waals surface area contributed by atoms with Gasteiger partial charge in [-0.3, -0.25) is 4.79 Å². The van der Waals surface area contributed by atoms with E-state index in [1.54, 1.807) is 0 Å². The molecule has 0 saturated heterocycles. The maximum absolute atomic E-state index is 10.4. The Morgan fingerprint density at radius 3 is 1.75 bits per heavy atom. The molecular formula is C5H4Br2O. The predicted octanol–water partition coefficient (Wildman–Crippen LogP) is 2.37. The van der Waals surface area contributed by atoms with Crippen LogP contribution in [-0.4, -0.2) is 5.78 Å². The van der Waals surface area contributed by atoms with E-state index in [1.165, 1.54) is 22.1 Å². The topological polar surface area (TPSA) is 17.1 Å². The molecule has 44 valence electrons. The molecule has 1 nitrogen and oxygen atoms in total. The molecule has 3 heteroatoms. The molecule has 0 N–H and O–H groups in total. The summed E-state index contributed by atoms with van der Waals surface area (Å²) in [6, 6.07) is 0. The highest BCUT2D eigenvalue weighted by Crippen LogP contribution is 1.88. The molecule has 0 aliphatic rings. The average molecular weight is 240 g/mol. The third kappa shape index (κ3) is 4.27. The van der Waals surface area contributed by atoms with Crippen molar-refractivity contribution in [3.63, 3.8) is 0 Å². The molecule has 0 radical (unpaired) electrons. The minimum absolute atomic E-state index is 0.0428. The van der Waals surface area contributed by atoms with Gasteiger partial charge in [0.05, 0.1) is 0 Å². The summed E-state index contributed by atoms with van der Waals surface area (Å²) in [5, 5.41) is 0. The van der Waals surface area contributed by atoms with Gasteiger partial charge in [0.25, 0.3) is 0 Å². The lowest BCUT2D eigenvalue weighted by atomic mass is 10.4. The van der Waals surface area contributed by atoms with Crippen molar-refractivity contribution in [2.45, 2.75) is 0 Å². The molecule has 0 aromatic rings. The summed E-state index contributed by atoms with van der Waals surface area (Å²) in [5.41, 5.74) is 0. The van der Waals surface area contributed by atoms with Crippen molar-refractivity contribution < 1.29 is 4.79 Å². The van der Waals surface area contributed by atoms with Crippen LogP contribution in [0.15, 0.2) is 22.1 Å². The third-order valence-electron chi connectivity index (χ3n) is 0.455. The van der Waals surface area contributed by atoms with E-state index < -0.39 is 0 Å². The van der Waals surface area contributed by atoms with Crippen molar-refractivity contribution in [1.29, 1.82) is 0 Å². The van der Waals surface area contributed by atoms with Crippen molar-refractivity contribution >= 4 is 37.6 Å². The quantitative estimate of drug-likeness (QED) is 0.677. The molecule has 0 unspecified atom stereocenters. The van der Waals surface area contributed by atoms with Crippen molar-refractivity contribution in [1.82, 2.24) is 0 Å². The first-order valence-corrected chi connectivity index (χ1v) is 3.72. The van der Waals surface area contributed by atoms with Gasteiger partial charge >= 0.3 is 0 Å². The molecule has 0 bridgehead atoms. The highest BCUT2D eigenvalue weighted by atomic mass is 79.9. The van der Waals surface area contributed by atoms with Crippen molar-refractivity contribution in [3.8, 4) is 0 Å². The number of ketones is 1. The van der Waals surface area contributed by atoms with Gasteiger partial charge in [-0.1, -0.05) is 31.9 Å². The number of halogens is 2.